The summed E-state index contributed by atoms with van der Waals surface area (Å²) >= 11 is 4.86. The van der Waals surface area contributed by atoms with E-state index in [0.717, 1.165) is 25.9 Å². The van der Waals surface area contributed by atoms with Gasteiger partial charge < -0.3 is 16.0 Å². The minimum absolute atomic E-state index is 0.0420. The normalized spacial score (nSPS) is 17.4. The molecule has 1 atom stereocenters. The molecular weight excluding hydrogens is 250 g/mol. The molecule has 1 saturated heterocycles. The molecule has 1 aliphatic rings. The smallest absolute Gasteiger partial charge is 0.244 e. The molecule has 18 heavy (non-hydrogen) atoms. The highest BCUT2D eigenvalue weighted by Crippen LogP contribution is 2.16. The fraction of sp³-hybridized carbons (Fsp3) is 0.750. The number of hydrogen-bond acceptors (Lipinski definition) is 3. The Kier molecular flexibility index (Phi) is 4.67. The van der Waals surface area contributed by atoms with Crippen molar-refractivity contribution in [2.24, 2.45) is 11.1 Å². The average Bonchev–Trinajstić information content (AvgIpc) is 2.80. The van der Waals surface area contributed by atoms with Crippen LogP contribution in [0.4, 0.5) is 0 Å². The molecule has 1 heterocycles. The highest BCUT2D eigenvalue weighted by molar-refractivity contribution is 7.80. The van der Waals surface area contributed by atoms with E-state index in [1.807, 2.05) is 0 Å². The Morgan fingerprint density at radius 1 is 1.33 bits per heavy atom. The van der Waals surface area contributed by atoms with Crippen molar-refractivity contribution in [3.05, 3.63) is 0 Å². The molecule has 1 aliphatic heterocycles. The van der Waals surface area contributed by atoms with Gasteiger partial charge in [-0.15, -0.1) is 0 Å². The molecule has 0 radical (unpaired) electrons. The van der Waals surface area contributed by atoms with Crippen LogP contribution in [0.3, 0.4) is 0 Å². The Morgan fingerprint density at radius 3 is 2.28 bits per heavy atom. The molecule has 5 nitrogen and oxygen atoms in total. The topological polar surface area (TPSA) is 75.4 Å². The first-order chi connectivity index (χ1) is 8.26. The van der Waals surface area contributed by atoms with Gasteiger partial charge in [0.25, 0.3) is 0 Å². The molecule has 2 amide bonds. The quantitative estimate of drug-likeness (QED) is 0.727. The summed E-state index contributed by atoms with van der Waals surface area (Å²) in [4.78, 5) is 25.9. The van der Waals surface area contributed by atoms with E-state index >= 15 is 0 Å². The van der Waals surface area contributed by atoms with Crippen molar-refractivity contribution in [3.8, 4) is 0 Å². The van der Waals surface area contributed by atoms with Crippen molar-refractivity contribution < 1.29 is 9.59 Å². The Hall–Kier alpha value is -1.17. The highest BCUT2D eigenvalue weighted by atomic mass is 32.1. The lowest BCUT2D eigenvalue weighted by atomic mass is 9.92. The molecule has 0 spiro atoms. The minimum Gasteiger partial charge on any atom is -0.392 e. The number of hydrogen-bond donors (Lipinski definition) is 2. The number of nitrogens with two attached hydrogens (primary N) is 1. The van der Waals surface area contributed by atoms with Crippen molar-refractivity contribution in [1.29, 1.82) is 0 Å². The summed E-state index contributed by atoms with van der Waals surface area (Å²) in [5, 5.41) is 2.68. The van der Waals surface area contributed by atoms with Crippen molar-refractivity contribution in [3.63, 3.8) is 0 Å². The molecule has 6 heteroatoms. The number of thiocarbonyl (C=S) groups is 1. The second kappa shape index (κ2) is 5.65. The predicted molar refractivity (Wildman–Crippen MR) is 74.0 cm³/mol. The van der Waals surface area contributed by atoms with Gasteiger partial charge in [0.2, 0.25) is 11.8 Å². The molecule has 0 aromatic rings. The zero-order valence-electron chi connectivity index (χ0n) is 11.2. The van der Waals surface area contributed by atoms with Crippen molar-refractivity contribution in [2.45, 2.75) is 39.7 Å². The van der Waals surface area contributed by atoms with Crippen LogP contribution in [0.1, 0.15) is 33.6 Å². The van der Waals surface area contributed by atoms with E-state index in [4.69, 9.17) is 18.0 Å². The minimum atomic E-state index is -0.936. The van der Waals surface area contributed by atoms with Crippen LogP contribution in [0, 0.1) is 5.41 Å². The zero-order valence-corrected chi connectivity index (χ0v) is 12.0. The first-order valence-corrected chi connectivity index (χ1v) is 6.57. The maximum atomic E-state index is 12.0. The van der Waals surface area contributed by atoms with Gasteiger partial charge in [0, 0.05) is 13.1 Å². The lowest BCUT2D eigenvalue weighted by Gasteiger charge is -2.26. The monoisotopic (exact) mass is 271 g/mol. The molecule has 0 aromatic heterocycles. The molecular formula is C12H21N3O2S. The van der Waals surface area contributed by atoms with Crippen LogP contribution in [0.25, 0.3) is 0 Å². The summed E-state index contributed by atoms with van der Waals surface area (Å²) in [5.74, 6) is -0.352. The molecule has 0 aromatic carbocycles. The van der Waals surface area contributed by atoms with Gasteiger partial charge in [0.15, 0.2) is 0 Å². The van der Waals surface area contributed by atoms with Gasteiger partial charge in [-0.1, -0.05) is 12.2 Å². The number of likely N-dealkylation sites (tertiary alicyclic amines) is 1. The fourth-order valence-corrected chi connectivity index (χ4v) is 1.85. The van der Waals surface area contributed by atoms with Crippen LogP contribution in [0.5, 0.6) is 0 Å². The molecule has 1 rings (SSSR count). The van der Waals surface area contributed by atoms with Crippen LogP contribution < -0.4 is 11.1 Å². The highest BCUT2D eigenvalue weighted by Gasteiger charge is 2.33. The summed E-state index contributed by atoms with van der Waals surface area (Å²) in [6.07, 6.45) is 2.07. The van der Waals surface area contributed by atoms with Gasteiger partial charge in [-0.3, -0.25) is 9.59 Å². The van der Waals surface area contributed by atoms with E-state index < -0.39 is 11.5 Å². The second-order valence-corrected chi connectivity index (χ2v) is 5.66. The third kappa shape index (κ3) is 3.19. The van der Waals surface area contributed by atoms with Gasteiger partial charge in [-0.05, 0) is 33.6 Å². The van der Waals surface area contributed by atoms with Crippen molar-refractivity contribution in [2.75, 3.05) is 13.1 Å². The van der Waals surface area contributed by atoms with Gasteiger partial charge in [0.1, 0.15) is 6.04 Å². The summed E-state index contributed by atoms with van der Waals surface area (Å²) < 4.78 is 0. The van der Waals surface area contributed by atoms with E-state index in [0.29, 0.717) is 0 Å². The van der Waals surface area contributed by atoms with E-state index in [1.165, 1.54) is 0 Å². The number of carbonyl (C=O) groups is 2. The van der Waals surface area contributed by atoms with E-state index in [2.05, 4.69) is 5.32 Å². The molecule has 1 unspecified atom stereocenters. The van der Waals surface area contributed by atoms with E-state index in [9.17, 15) is 9.59 Å². The Labute approximate surface area is 113 Å². The molecule has 3 N–H and O–H groups in total. The average molecular weight is 271 g/mol. The lowest BCUT2D eigenvalue weighted by Crippen LogP contribution is -2.52. The predicted octanol–water partition coefficient (Wildman–Crippen LogP) is 0.426. The van der Waals surface area contributed by atoms with Crippen LogP contribution >= 0.6 is 12.2 Å². The number of carbonyl (C=O) groups excluding carboxylic acids is 2. The summed E-state index contributed by atoms with van der Waals surface area (Å²) in [5.41, 5.74) is 4.58. The second-order valence-electron chi connectivity index (χ2n) is 5.22. The van der Waals surface area contributed by atoms with Crippen LogP contribution in [0.2, 0.25) is 0 Å². The van der Waals surface area contributed by atoms with Gasteiger partial charge in [-0.25, -0.2) is 0 Å². The number of rotatable bonds is 4. The number of nitrogens with zero attached hydrogens (tertiary/aromatic N) is 1. The third-order valence-electron chi connectivity index (χ3n) is 3.32. The van der Waals surface area contributed by atoms with Crippen LogP contribution in [0.15, 0.2) is 0 Å². The summed E-state index contributed by atoms with van der Waals surface area (Å²) in [6, 6.07) is -0.538. The van der Waals surface area contributed by atoms with Gasteiger partial charge >= 0.3 is 0 Å². The van der Waals surface area contributed by atoms with E-state index in [-0.39, 0.29) is 16.8 Å². The molecule has 0 bridgehead atoms. The Bertz CT molecular complexity index is 362. The largest absolute Gasteiger partial charge is 0.392 e. The van der Waals surface area contributed by atoms with E-state index in [1.54, 1.807) is 25.7 Å². The lowest BCUT2D eigenvalue weighted by molar-refractivity contribution is -0.136. The van der Waals surface area contributed by atoms with Gasteiger partial charge in [0.05, 0.1) is 10.4 Å². The summed E-state index contributed by atoms with van der Waals surface area (Å²) in [7, 11) is 0. The molecule has 0 aliphatic carbocycles. The fourth-order valence-electron chi connectivity index (χ4n) is 1.76. The standard InChI is InChI=1S/C12H21N3O2S/c1-8(9(16)15-6-4-5-7-15)14-11(17)12(2,3)10(13)18/h8H,4-7H2,1-3H3,(H2,13,18)(H,14,17). The van der Waals surface area contributed by atoms with Crippen LogP contribution in [-0.2, 0) is 9.59 Å². The first kappa shape index (κ1) is 14.9. The van der Waals surface area contributed by atoms with Crippen molar-refractivity contribution in [1.82, 2.24) is 10.2 Å². The molecule has 1 fully saturated rings. The maximum Gasteiger partial charge on any atom is 0.244 e. The summed E-state index contributed by atoms with van der Waals surface area (Å²) in [6.45, 7) is 6.54. The molecule has 102 valence electrons. The Balaban J connectivity index is 2.59. The SMILES string of the molecule is CC(NC(=O)C(C)(C)C(N)=S)C(=O)N1CCCC1. The number of amides is 2. The Morgan fingerprint density at radius 2 is 1.83 bits per heavy atom. The van der Waals surface area contributed by atoms with Crippen molar-refractivity contribution >= 4 is 29.0 Å². The third-order valence-corrected chi connectivity index (χ3v) is 3.83. The zero-order chi connectivity index (χ0) is 13.9. The van der Waals surface area contributed by atoms with Gasteiger partial charge in [-0.2, -0.15) is 0 Å². The number of nitrogens with one attached hydrogen (secondary N) is 1. The molecule has 0 saturated carbocycles. The maximum absolute atomic E-state index is 12.0. The first-order valence-electron chi connectivity index (χ1n) is 6.16. The van der Waals surface area contributed by atoms with Crippen LogP contribution in [-0.4, -0.2) is 40.8 Å².